The summed E-state index contributed by atoms with van der Waals surface area (Å²) >= 11 is 5.88. The fraction of sp³-hybridized carbons (Fsp3) is 0.250. The molecule has 0 aliphatic heterocycles. The van der Waals surface area contributed by atoms with Gasteiger partial charge in [-0.1, -0.05) is 23.7 Å². The smallest absolute Gasteiger partial charge is 0.246 e. The van der Waals surface area contributed by atoms with E-state index in [0.29, 0.717) is 28.8 Å². The molecule has 0 unspecified atom stereocenters. The summed E-state index contributed by atoms with van der Waals surface area (Å²) in [4.78, 5) is 14.0. The molecular formula is C20H22ClNO4. The highest BCUT2D eigenvalue weighted by Crippen LogP contribution is 2.40. The topological polar surface area (TPSA) is 48.0 Å². The summed E-state index contributed by atoms with van der Waals surface area (Å²) in [5.41, 5.74) is 1.72. The maximum atomic E-state index is 12.4. The van der Waals surface area contributed by atoms with Crippen LogP contribution in [0.2, 0.25) is 5.02 Å². The zero-order chi connectivity index (χ0) is 19.1. The molecule has 1 amide bonds. The van der Waals surface area contributed by atoms with E-state index in [-0.39, 0.29) is 5.91 Å². The number of ether oxygens (including phenoxy) is 3. The molecule has 2 aromatic rings. The van der Waals surface area contributed by atoms with Gasteiger partial charge in [-0.3, -0.25) is 4.79 Å². The van der Waals surface area contributed by atoms with Crippen LogP contribution in [0.25, 0.3) is 6.08 Å². The minimum Gasteiger partial charge on any atom is -0.493 e. The van der Waals surface area contributed by atoms with Gasteiger partial charge in [-0.05, 0) is 35.9 Å². The van der Waals surface area contributed by atoms with Crippen LogP contribution in [0.3, 0.4) is 0 Å². The van der Waals surface area contributed by atoms with Crippen molar-refractivity contribution in [2.75, 3.05) is 28.4 Å². The summed E-state index contributed by atoms with van der Waals surface area (Å²) in [6.07, 6.45) is 3.20. The van der Waals surface area contributed by atoms with E-state index in [1.165, 1.54) is 6.08 Å². The maximum Gasteiger partial charge on any atom is 0.246 e. The van der Waals surface area contributed by atoms with Gasteiger partial charge in [0.05, 0.1) is 21.3 Å². The highest BCUT2D eigenvalue weighted by atomic mass is 35.5. The van der Waals surface area contributed by atoms with Gasteiger partial charge in [0.15, 0.2) is 11.5 Å². The van der Waals surface area contributed by atoms with Gasteiger partial charge in [-0.25, -0.2) is 0 Å². The second-order valence-electron chi connectivity index (χ2n) is 5.58. The predicted molar refractivity (Wildman–Crippen MR) is 103 cm³/mol. The number of hydrogen-bond acceptors (Lipinski definition) is 4. The lowest BCUT2D eigenvalue weighted by molar-refractivity contribution is -0.125. The molecule has 0 radical (unpaired) electrons. The third kappa shape index (κ3) is 4.70. The summed E-state index contributed by atoms with van der Waals surface area (Å²) in [5, 5.41) is 0.670. The lowest BCUT2D eigenvalue weighted by atomic mass is 10.1. The second-order valence-corrected chi connectivity index (χ2v) is 6.01. The molecular weight excluding hydrogens is 354 g/mol. The number of methoxy groups -OCH3 is 3. The van der Waals surface area contributed by atoms with Gasteiger partial charge in [0.25, 0.3) is 0 Å². The molecule has 138 valence electrons. The third-order valence-electron chi connectivity index (χ3n) is 3.85. The highest BCUT2D eigenvalue weighted by molar-refractivity contribution is 6.30. The SMILES string of the molecule is COc1ccc(/C=C/C(=O)N(C)Cc2ccc(Cl)cc2)c(OC)c1OC. The van der Waals surface area contributed by atoms with E-state index in [1.54, 1.807) is 57.6 Å². The van der Waals surface area contributed by atoms with E-state index in [1.807, 2.05) is 18.2 Å². The van der Waals surface area contributed by atoms with Crippen molar-refractivity contribution in [1.82, 2.24) is 4.90 Å². The molecule has 0 heterocycles. The average molecular weight is 376 g/mol. The highest BCUT2D eigenvalue weighted by Gasteiger charge is 2.14. The van der Waals surface area contributed by atoms with Gasteiger partial charge >= 0.3 is 0 Å². The second kappa shape index (κ2) is 9.15. The predicted octanol–water partition coefficient (Wildman–Crippen LogP) is 4.04. The molecule has 0 spiro atoms. The number of hydrogen-bond donors (Lipinski definition) is 0. The molecule has 2 aromatic carbocycles. The number of amides is 1. The third-order valence-corrected chi connectivity index (χ3v) is 4.10. The van der Waals surface area contributed by atoms with Gasteiger partial charge in [-0.15, -0.1) is 0 Å². The molecule has 0 bridgehead atoms. The Morgan fingerprint density at radius 2 is 1.65 bits per heavy atom. The average Bonchev–Trinajstić information content (AvgIpc) is 2.66. The van der Waals surface area contributed by atoms with E-state index in [0.717, 1.165) is 11.1 Å². The van der Waals surface area contributed by atoms with Crippen molar-refractivity contribution in [3.8, 4) is 17.2 Å². The molecule has 0 aliphatic carbocycles. The number of carbonyl (C=O) groups excluding carboxylic acids is 1. The number of benzene rings is 2. The number of rotatable bonds is 7. The number of carbonyl (C=O) groups is 1. The Bertz CT molecular complexity index is 787. The largest absolute Gasteiger partial charge is 0.493 e. The fourth-order valence-electron chi connectivity index (χ4n) is 2.49. The Labute approximate surface area is 158 Å². The first-order valence-corrected chi connectivity index (χ1v) is 8.34. The standard InChI is InChI=1S/C20H22ClNO4/c1-22(13-14-5-9-16(21)10-6-14)18(23)12-8-15-7-11-17(24-2)20(26-4)19(15)25-3/h5-12H,13H2,1-4H3/b12-8+. The van der Waals surface area contributed by atoms with Crippen molar-refractivity contribution in [1.29, 1.82) is 0 Å². The Kier molecular flexibility index (Phi) is 6.92. The van der Waals surface area contributed by atoms with Crippen LogP contribution in [0.4, 0.5) is 0 Å². The first-order valence-electron chi connectivity index (χ1n) is 7.96. The summed E-state index contributed by atoms with van der Waals surface area (Å²) < 4.78 is 16.0. The molecule has 5 nitrogen and oxygen atoms in total. The van der Waals surface area contributed by atoms with Gasteiger partial charge in [0.2, 0.25) is 11.7 Å². The van der Waals surface area contributed by atoms with Gasteiger partial charge in [-0.2, -0.15) is 0 Å². The van der Waals surface area contributed by atoms with Crippen molar-refractivity contribution in [2.24, 2.45) is 0 Å². The zero-order valence-electron chi connectivity index (χ0n) is 15.3. The van der Waals surface area contributed by atoms with E-state index in [4.69, 9.17) is 25.8 Å². The summed E-state index contributed by atoms with van der Waals surface area (Å²) in [6.45, 7) is 0.489. The number of nitrogens with zero attached hydrogens (tertiary/aromatic N) is 1. The van der Waals surface area contributed by atoms with Crippen LogP contribution in [-0.4, -0.2) is 39.2 Å². The van der Waals surface area contributed by atoms with Gasteiger partial charge in [0.1, 0.15) is 0 Å². The molecule has 0 aromatic heterocycles. The molecule has 0 atom stereocenters. The minimum atomic E-state index is -0.128. The molecule has 0 fully saturated rings. The fourth-order valence-corrected chi connectivity index (χ4v) is 2.61. The summed E-state index contributed by atoms with van der Waals surface area (Å²) in [7, 11) is 6.39. The van der Waals surface area contributed by atoms with Crippen molar-refractivity contribution in [3.05, 3.63) is 58.6 Å². The van der Waals surface area contributed by atoms with Crippen molar-refractivity contribution in [2.45, 2.75) is 6.54 Å². The molecule has 0 saturated heterocycles. The van der Waals surface area contributed by atoms with Crippen LogP contribution in [0.5, 0.6) is 17.2 Å². The zero-order valence-corrected chi connectivity index (χ0v) is 16.0. The molecule has 0 N–H and O–H groups in total. The molecule has 2 rings (SSSR count). The van der Waals surface area contributed by atoms with Crippen molar-refractivity contribution < 1.29 is 19.0 Å². The van der Waals surface area contributed by atoms with Gasteiger partial charge < -0.3 is 19.1 Å². The summed E-state index contributed by atoms with van der Waals surface area (Å²) in [6, 6.07) is 11.0. The monoisotopic (exact) mass is 375 g/mol. The maximum absolute atomic E-state index is 12.4. The van der Waals surface area contributed by atoms with Crippen LogP contribution in [-0.2, 0) is 11.3 Å². The van der Waals surface area contributed by atoms with Crippen LogP contribution < -0.4 is 14.2 Å². The minimum absolute atomic E-state index is 0.128. The first-order chi connectivity index (χ1) is 12.5. The van der Waals surface area contributed by atoms with E-state index in [2.05, 4.69) is 0 Å². The Hall–Kier alpha value is -2.66. The van der Waals surface area contributed by atoms with Crippen LogP contribution >= 0.6 is 11.6 Å². The van der Waals surface area contributed by atoms with Crippen LogP contribution in [0.15, 0.2) is 42.5 Å². The van der Waals surface area contributed by atoms with E-state index < -0.39 is 0 Å². The van der Waals surface area contributed by atoms with E-state index in [9.17, 15) is 4.79 Å². The molecule has 0 aliphatic rings. The van der Waals surface area contributed by atoms with Crippen molar-refractivity contribution in [3.63, 3.8) is 0 Å². The number of likely N-dealkylation sites (N-methyl/N-ethyl adjacent to an activating group) is 1. The molecule has 26 heavy (non-hydrogen) atoms. The van der Waals surface area contributed by atoms with Crippen LogP contribution in [0, 0.1) is 0 Å². The Morgan fingerprint density at radius 1 is 1.00 bits per heavy atom. The van der Waals surface area contributed by atoms with Gasteiger partial charge in [0, 0.05) is 30.3 Å². The van der Waals surface area contributed by atoms with Crippen molar-refractivity contribution >= 4 is 23.6 Å². The van der Waals surface area contributed by atoms with Crippen LogP contribution in [0.1, 0.15) is 11.1 Å². The number of halogens is 1. The Morgan fingerprint density at radius 3 is 2.23 bits per heavy atom. The lowest BCUT2D eigenvalue weighted by Gasteiger charge is -2.16. The lowest BCUT2D eigenvalue weighted by Crippen LogP contribution is -2.24. The van der Waals surface area contributed by atoms with E-state index >= 15 is 0 Å². The quantitative estimate of drug-likeness (QED) is 0.685. The molecule has 6 heteroatoms. The Balaban J connectivity index is 2.15. The molecule has 0 saturated carbocycles. The summed E-state index contributed by atoms with van der Waals surface area (Å²) in [5.74, 6) is 1.43. The normalized spacial score (nSPS) is 10.7. The first kappa shape index (κ1) is 19.7.